The van der Waals surface area contributed by atoms with Gasteiger partial charge >= 0.3 is 6.18 Å². The summed E-state index contributed by atoms with van der Waals surface area (Å²) in [6.45, 7) is 1.90. The molecule has 0 spiro atoms. The highest BCUT2D eigenvalue weighted by Gasteiger charge is 2.31. The molecule has 1 amide bonds. The van der Waals surface area contributed by atoms with Gasteiger partial charge in [0.25, 0.3) is 5.91 Å². The number of carbonyl (C=O) groups is 1. The lowest BCUT2D eigenvalue weighted by atomic mass is 10.1. The van der Waals surface area contributed by atoms with Gasteiger partial charge in [-0.3, -0.25) is 4.79 Å². The molecule has 0 atom stereocenters. The summed E-state index contributed by atoms with van der Waals surface area (Å²) >= 11 is 0. The molecule has 1 heterocycles. The topological polar surface area (TPSA) is 32.8 Å². The third-order valence-electron chi connectivity index (χ3n) is 4.44. The number of piperazine rings is 1. The minimum absolute atomic E-state index is 0.0867. The minimum atomic E-state index is -4.36. The number of anilines is 1. The van der Waals surface area contributed by atoms with E-state index in [0.717, 1.165) is 12.1 Å². The van der Waals surface area contributed by atoms with Crippen LogP contribution in [-0.4, -0.2) is 44.1 Å². The Morgan fingerprint density at radius 1 is 1.00 bits per heavy atom. The Balaban J connectivity index is 1.64. The molecule has 1 fully saturated rings. The molecule has 0 aliphatic carbocycles. The highest BCUT2D eigenvalue weighted by Crippen LogP contribution is 2.32. The number of carbonyl (C=O) groups excluding carboxylic acids is 1. The van der Waals surface area contributed by atoms with Crippen LogP contribution in [0.3, 0.4) is 0 Å². The zero-order valence-electron chi connectivity index (χ0n) is 14.3. The van der Waals surface area contributed by atoms with E-state index in [9.17, 15) is 18.0 Å². The largest absolute Gasteiger partial charge is 0.497 e. The van der Waals surface area contributed by atoms with Crippen molar-refractivity contribution in [3.8, 4) is 5.75 Å². The predicted molar refractivity (Wildman–Crippen MR) is 92.6 cm³/mol. The van der Waals surface area contributed by atoms with Crippen LogP contribution in [0.25, 0.3) is 0 Å². The van der Waals surface area contributed by atoms with Gasteiger partial charge in [0, 0.05) is 37.4 Å². The summed E-state index contributed by atoms with van der Waals surface area (Å²) < 4.78 is 43.7. The van der Waals surface area contributed by atoms with E-state index in [0.29, 0.717) is 43.2 Å². The Bertz CT molecular complexity index is 767. The molecule has 26 heavy (non-hydrogen) atoms. The van der Waals surface area contributed by atoms with Gasteiger partial charge < -0.3 is 14.5 Å². The van der Waals surface area contributed by atoms with Gasteiger partial charge in [-0.05, 0) is 42.5 Å². The Morgan fingerprint density at radius 3 is 2.23 bits per heavy atom. The van der Waals surface area contributed by atoms with Gasteiger partial charge in [-0.15, -0.1) is 0 Å². The van der Waals surface area contributed by atoms with E-state index in [1.807, 2.05) is 4.90 Å². The zero-order chi connectivity index (χ0) is 18.7. The summed E-state index contributed by atoms with van der Waals surface area (Å²) in [4.78, 5) is 16.1. The number of methoxy groups -OCH3 is 1. The van der Waals surface area contributed by atoms with E-state index in [4.69, 9.17) is 4.74 Å². The molecule has 0 unspecified atom stereocenters. The predicted octanol–water partition coefficient (Wildman–Crippen LogP) is 3.68. The molecule has 3 rings (SSSR count). The monoisotopic (exact) mass is 364 g/mol. The van der Waals surface area contributed by atoms with Gasteiger partial charge in [-0.25, -0.2) is 0 Å². The third-order valence-corrected chi connectivity index (χ3v) is 4.44. The maximum atomic E-state index is 12.9. The van der Waals surface area contributed by atoms with Crippen molar-refractivity contribution in [1.82, 2.24) is 4.90 Å². The first kappa shape index (κ1) is 18.1. The molecule has 0 saturated carbocycles. The molecule has 0 aromatic heterocycles. The highest BCUT2D eigenvalue weighted by atomic mass is 19.4. The molecular weight excluding hydrogens is 345 g/mol. The van der Waals surface area contributed by atoms with Crippen LogP contribution in [0, 0.1) is 0 Å². The number of rotatable bonds is 3. The number of hydrogen-bond donors (Lipinski definition) is 0. The van der Waals surface area contributed by atoms with E-state index in [1.54, 1.807) is 42.3 Å². The van der Waals surface area contributed by atoms with Crippen LogP contribution < -0.4 is 9.64 Å². The average Bonchev–Trinajstić information content (AvgIpc) is 2.67. The Kier molecular flexibility index (Phi) is 5.06. The fourth-order valence-corrected chi connectivity index (χ4v) is 2.96. The van der Waals surface area contributed by atoms with Crippen LogP contribution >= 0.6 is 0 Å². The number of ether oxygens (including phenoxy) is 1. The van der Waals surface area contributed by atoms with Crippen molar-refractivity contribution in [1.29, 1.82) is 0 Å². The van der Waals surface area contributed by atoms with Gasteiger partial charge in [-0.2, -0.15) is 13.2 Å². The molecule has 2 aromatic rings. The van der Waals surface area contributed by atoms with Crippen molar-refractivity contribution < 1.29 is 22.7 Å². The molecule has 2 aromatic carbocycles. The zero-order valence-corrected chi connectivity index (χ0v) is 14.3. The number of benzene rings is 2. The van der Waals surface area contributed by atoms with Crippen molar-refractivity contribution in [2.24, 2.45) is 0 Å². The fourth-order valence-electron chi connectivity index (χ4n) is 2.96. The van der Waals surface area contributed by atoms with Gasteiger partial charge in [0.15, 0.2) is 0 Å². The first-order valence-electron chi connectivity index (χ1n) is 8.24. The normalized spacial score (nSPS) is 15.1. The molecule has 7 heteroatoms. The summed E-state index contributed by atoms with van der Waals surface area (Å²) in [5, 5.41) is 0. The maximum Gasteiger partial charge on any atom is 0.416 e. The van der Waals surface area contributed by atoms with Crippen LogP contribution in [0.2, 0.25) is 0 Å². The van der Waals surface area contributed by atoms with Crippen LogP contribution in [0.4, 0.5) is 18.9 Å². The van der Waals surface area contributed by atoms with E-state index in [2.05, 4.69) is 0 Å². The Hall–Kier alpha value is -2.70. The lowest BCUT2D eigenvalue weighted by molar-refractivity contribution is -0.137. The second-order valence-electron chi connectivity index (χ2n) is 6.06. The van der Waals surface area contributed by atoms with Crippen molar-refractivity contribution in [3.05, 3.63) is 59.7 Å². The van der Waals surface area contributed by atoms with Gasteiger partial charge in [0.05, 0.1) is 12.7 Å². The molecule has 1 aliphatic rings. The van der Waals surface area contributed by atoms with Gasteiger partial charge in [0.2, 0.25) is 0 Å². The van der Waals surface area contributed by atoms with Crippen LogP contribution in [0.5, 0.6) is 5.75 Å². The number of hydrogen-bond acceptors (Lipinski definition) is 3. The van der Waals surface area contributed by atoms with Crippen LogP contribution in [-0.2, 0) is 6.18 Å². The lowest BCUT2D eigenvalue weighted by Gasteiger charge is -2.36. The molecule has 0 bridgehead atoms. The summed E-state index contributed by atoms with van der Waals surface area (Å²) in [6, 6.07) is 12.2. The Morgan fingerprint density at radius 2 is 1.65 bits per heavy atom. The number of alkyl halides is 3. The van der Waals surface area contributed by atoms with Crippen molar-refractivity contribution in [2.75, 3.05) is 38.2 Å². The summed E-state index contributed by atoms with van der Waals surface area (Å²) in [6.07, 6.45) is -4.36. The van der Waals surface area contributed by atoms with E-state index in [1.165, 1.54) is 6.07 Å². The van der Waals surface area contributed by atoms with Gasteiger partial charge in [-0.1, -0.05) is 6.07 Å². The summed E-state index contributed by atoms with van der Waals surface area (Å²) in [7, 11) is 1.56. The molecule has 4 nitrogen and oxygen atoms in total. The number of halogens is 3. The van der Waals surface area contributed by atoms with Crippen LogP contribution in [0.15, 0.2) is 48.5 Å². The average molecular weight is 364 g/mol. The fraction of sp³-hybridized carbons (Fsp3) is 0.316. The second-order valence-corrected chi connectivity index (χ2v) is 6.06. The van der Waals surface area contributed by atoms with Crippen molar-refractivity contribution in [3.63, 3.8) is 0 Å². The van der Waals surface area contributed by atoms with E-state index in [-0.39, 0.29) is 5.91 Å². The number of amides is 1. The standard InChI is InChI=1S/C19H19F3N2O2/c1-26-17-7-5-14(6-8-17)18(25)24-11-9-23(10-12-24)16-4-2-3-15(13-16)19(20,21)22/h2-8,13H,9-12H2,1H3. The summed E-state index contributed by atoms with van der Waals surface area (Å²) in [5.74, 6) is 0.590. The minimum Gasteiger partial charge on any atom is -0.497 e. The van der Waals surface area contributed by atoms with Crippen molar-refractivity contribution in [2.45, 2.75) is 6.18 Å². The highest BCUT2D eigenvalue weighted by molar-refractivity contribution is 5.94. The lowest BCUT2D eigenvalue weighted by Crippen LogP contribution is -2.48. The third kappa shape index (κ3) is 3.92. The SMILES string of the molecule is COc1ccc(C(=O)N2CCN(c3cccc(C(F)(F)F)c3)CC2)cc1. The molecule has 1 saturated heterocycles. The molecule has 138 valence electrons. The number of nitrogens with zero attached hydrogens (tertiary/aromatic N) is 2. The molecule has 0 N–H and O–H groups in total. The first-order chi connectivity index (χ1) is 12.4. The Labute approximate surface area is 149 Å². The smallest absolute Gasteiger partial charge is 0.416 e. The second kappa shape index (κ2) is 7.27. The molecule has 1 aliphatic heterocycles. The maximum absolute atomic E-state index is 12.9. The van der Waals surface area contributed by atoms with E-state index >= 15 is 0 Å². The van der Waals surface area contributed by atoms with E-state index < -0.39 is 11.7 Å². The first-order valence-corrected chi connectivity index (χ1v) is 8.24. The molecule has 0 radical (unpaired) electrons. The van der Waals surface area contributed by atoms with Gasteiger partial charge in [0.1, 0.15) is 5.75 Å². The summed E-state index contributed by atoms with van der Waals surface area (Å²) in [5.41, 5.74) is 0.432. The van der Waals surface area contributed by atoms with Crippen molar-refractivity contribution >= 4 is 11.6 Å². The molecular formula is C19H19F3N2O2. The van der Waals surface area contributed by atoms with Crippen LogP contribution in [0.1, 0.15) is 15.9 Å². The quantitative estimate of drug-likeness (QED) is 0.833.